The van der Waals surface area contributed by atoms with E-state index in [1.54, 1.807) is 0 Å². The Balaban J connectivity index is 2.24. The second-order valence-corrected chi connectivity index (χ2v) is 5.40. The molecule has 0 aromatic carbocycles. The van der Waals surface area contributed by atoms with Crippen LogP contribution in [0.1, 0.15) is 40.0 Å². The van der Waals surface area contributed by atoms with E-state index in [1.165, 1.54) is 0 Å². The van der Waals surface area contributed by atoms with Gasteiger partial charge in [-0.2, -0.15) is 0 Å². The SMILES string of the molecule is CC(C)(C)C(=O)NCC1CCC(N)C1. The molecular weight excluding hydrogens is 176 g/mol. The van der Waals surface area contributed by atoms with Crippen LogP contribution in [0.5, 0.6) is 0 Å². The van der Waals surface area contributed by atoms with Gasteiger partial charge in [-0.25, -0.2) is 0 Å². The van der Waals surface area contributed by atoms with E-state index < -0.39 is 0 Å². The molecule has 1 rings (SSSR count). The Labute approximate surface area is 86.4 Å². The van der Waals surface area contributed by atoms with Gasteiger partial charge in [0.2, 0.25) is 5.91 Å². The van der Waals surface area contributed by atoms with Crippen LogP contribution in [-0.4, -0.2) is 18.5 Å². The van der Waals surface area contributed by atoms with Gasteiger partial charge in [0.15, 0.2) is 0 Å². The van der Waals surface area contributed by atoms with Crippen LogP contribution in [0.3, 0.4) is 0 Å². The number of carbonyl (C=O) groups excluding carboxylic acids is 1. The van der Waals surface area contributed by atoms with Crippen molar-refractivity contribution in [3.63, 3.8) is 0 Å². The summed E-state index contributed by atoms with van der Waals surface area (Å²) in [6, 6.07) is 0.353. The normalized spacial score (nSPS) is 27.7. The van der Waals surface area contributed by atoms with Crippen molar-refractivity contribution < 1.29 is 4.79 Å². The summed E-state index contributed by atoms with van der Waals surface area (Å²) in [4.78, 5) is 11.6. The highest BCUT2D eigenvalue weighted by molar-refractivity contribution is 5.81. The van der Waals surface area contributed by atoms with Gasteiger partial charge in [0, 0.05) is 18.0 Å². The number of nitrogens with one attached hydrogen (secondary N) is 1. The number of hydrogen-bond acceptors (Lipinski definition) is 2. The molecule has 2 unspecified atom stereocenters. The Bertz CT molecular complexity index is 208. The average Bonchev–Trinajstić information content (AvgIpc) is 2.45. The Morgan fingerprint density at radius 2 is 2.07 bits per heavy atom. The second kappa shape index (κ2) is 4.30. The summed E-state index contributed by atoms with van der Waals surface area (Å²) in [5, 5.41) is 2.99. The minimum atomic E-state index is -0.277. The Kier molecular flexibility index (Phi) is 3.53. The number of carbonyl (C=O) groups is 1. The molecule has 1 amide bonds. The second-order valence-electron chi connectivity index (χ2n) is 5.40. The fraction of sp³-hybridized carbons (Fsp3) is 0.909. The number of rotatable bonds is 2. The first-order valence-corrected chi connectivity index (χ1v) is 5.43. The Hall–Kier alpha value is -0.570. The summed E-state index contributed by atoms with van der Waals surface area (Å²) >= 11 is 0. The summed E-state index contributed by atoms with van der Waals surface area (Å²) in [5.41, 5.74) is 5.53. The highest BCUT2D eigenvalue weighted by Crippen LogP contribution is 2.23. The minimum Gasteiger partial charge on any atom is -0.355 e. The quantitative estimate of drug-likeness (QED) is 0.702. The van der Waals surface area contributed by atoms with Crippen LogP contribution in [0.2, 0.25) is 0 Å². The predicted molar refractivity (Wildman–Crippen MR) is 57.8 cm³/mol. The molecule has 0 heterocycles. The molecule has 14 heavy (non-hydrogen) atoms. The number of hydrogen-bond donors (Lipinski definition) is 2. The van der Waals surface area contributed by atoms with E-state index in [9.17, 15) is 4.79 Å². The van der Waals surface area contributed by atoms with E-state index >= 15 is 0 Å². The van der Waals surface area contributed by atoms with Gasteiger partial charge in [0.25, 0.3) is 0 Å². The molecule has 82 valence electrons. The minimum absolute atomic E-state index is 0.137. The van der Waals surface area contributed by atoms with E-state index in [0.29, 0.717) is 12.0 Å². The van der Waals surface area contributed by atoms with Gasteiger partial charge >= 0.3 is 0 Å². The summed E-state index contributed by atoms with van der Waals surface area (Å²) in [7, 11) is 0. The third kappa shape index (κ3) is 3.29. The Morgan fingerprint density at radius 1 is 1.43 bits per heavy atom. The van der Waals surface area contributed by atoms with Crippen molar-refractivity contribution in [1.29, 1.82) is 0 Å². The van der Waals surface area contributed by atoms with E-state index in [2.05, 4.69) is 5.32 Å². The van der Waals surface area contributed by atoms with E-state index in [4.69, 9.17) is 5.73 Å². The first-order valence-electron chi connectivity index (χ1n) is 5.43. The van der Waals surface area contributed by atoms with Gasteiger partial charge in [0.05, 0.1) is 0 Å². The molecule has 1 aliphatic carbocycles. The lowest BCUT2D eigenvalue weighted by molar-refractivity contribution is -0.128. The van der Waals surface area contributed by atoms with Crippen molar-refractivity contribution in [3.05, 3.63) is 0 Å². The lowest BCUT2D eigenvalue weighted by atomic mass is 9.95. The standard InChI is InChI=1S/C11H22N2O/c1-11(2,3)10(14)13-7-8-4-5-9(12)6-8/h8-9H,4-7,12H2,1-3H3,(H,13,14). The van der Waals surface area contributed by atoms with E-state index in [-0.39, 0.29) is 11.3 Å². The molecule has 1 fully saturated rings. The van der Waals surface area contributed by atoms with Gasteiger partial charge in [-0.1, -0.05) is 20.8 Å². The van der Waals surface area contributed by atoms with Crippen molar-refractivity contribution in [2.45, 2.75) is 46.1 Å². The molecule has 0 saturated heterocycles. The molecule has 0 bridgehead atoms. The maximum atomic E-state index is 11.6. The molecule has 0 radical (unpaired) electrons. The van der Waals surface area contributed by atoms with Gasteiger partial charge in [-0.15, -0.1) is 0 Å². The molecule has 0 aromatic rings. The van der Waals surface area contributed by atoms with Crippen molar-refractivity contribution in [2.75, 3.05) is 6.54 Å². The van der Waals surface area contributed by atoms with Crippen molar-refractivity contribution >= 4 is 5.91 Å². The van der Waals surface area contributed by atoms with Crippen molar-refractivity contribution in [3.8, 4) is 0 Å². The average molecular weight is 198 g/mol. The highest BCUT2D eigenvalue weighted by Gasteiger charge is 2.25. The first-order chi connectivity index (χ1) is 6.39. The van der Waals surface area contributed by atoms with Gasteiger partial charge in [-0.3, -0.25) is 4.79 Å². The summed E-state index contributed by atoms with van der Waals surface area (Å²) < 4.78 is 0. The molecule has 2 atom stereocenters. The monoisotopic (exact) mass is 198 g/mol. The van der Waals surface area contributed by atoms with Gasteiger partial charge < -0.3 is 11.1 Å². The molecule has 1 aliphatic rings. The summed E-state index contributed by atoms with van der Waals surface area (Å²) in [5.74, 6) is 0.731. The fourth-order valence-electron chi connectivity index (χ4n) is 1.80. The third-order valence-corrected chi connectivity index (χ3v) is 2.81. The molecule has 0 aromatic heterocycles. The molecule has 0 aliphatic heterocycles. The Morgan fingerprint density at radius 3 is 2.50 bits per heavy atom. The van der Waals surface area contributed by atoms with Crippen molar-refractivity contribution in [2.24, 2.45) is 17.1 Å². The topological polar surface area (TPSA) is 55.1 Å². The van der Waals surface area contributed by atoms with Crippen LogP contribution in [0.15, 0.2) is 0 Å². The van der Waals surface area contributed by atoms with Crippen LogP contribution in [0, 0.1) is 11.3 Å². The zero-order chi connectivity index (χ0) is 10.8. The lowest BCUT2D eigenvalue weighted by Gasteiger charge is -2.19. The van der Waals surface area contributed by atoms with E-state index in [0.717, 1.165) is 25.8 Å². The predicted octanol–water partition coefficient (Wildman–Crippen LogP) is 1.28. The fourth-order valence-corrected chi connectivity index (χ4v) is 1.80. The largest absolute Gasteiger partial charge is 0.355 e. The van der Waals surface area contributed by atoms with Crippen LogP contribution in [0.4, 0.5) is 0 Å². The zero-order valence-electron chi connectivity index (χ0n) is 9.47. The maximum absolute atomic E-state index is 11.6. The summed E-state index contributed by atoms with van der Waals surface area (Å²) in [6.45, 7) is 6.60. The third-order valence-electron chi connectivity index (χ3n) is 2.81. The highest BCUT2D eigenvalue weighted by atomic mass is 16.2. The van der Waals surface area contributed by atoms with Crippen LogP contribution in [0.25, 0.3) is 0 Å². The van der Waals surface area contributed by atoms with Crippen LogP contribution >= 0.6 is 0 Å². The van der Waals surface area contributed by atoms with Gasteiger partial charge in [0.1, 0.15) is 0 Å². The number of amides is 1. The summed E-state index contributed by atoms with van der Waals surface area (Å²) in [6.07, 6.45) is 3.33. The van der Waals surface area contributed by atoms with Crippen LogP contribution < -0.4 is 11.1 Å². The van der Waals surface area contributed by atoms with E-state index in [1.807, 2.05) is 20.8 Å². The van der Waals surface area contributed by atoms with Crippen LogP contribution in [-0.2, 0) is 4.79 Å². The van der Waals surface area contributed by atoms with Crippen molar-refractivity contribution in [1.82, 2.24) is 5.32 Å². The smallest absolute Gasteiger partial charge is 0.225 e. The molecule has 3 N–H and O–H groups in total. The molecule has 3 nitrogen and oxygen atoms in total. The molecule has 1 saturated carbocycles. The first kappa shape index (κ1) is 11.5. The molecule has 0 spiro atoms. The molecular formula is C11H22N2O. The lowest BCUT2D eigenvalue weighted by Crippen LogP contribution is -2.37. The maximum Gasteiger partial charge on any atom is 0.225 e. The number of nitrogens with two attached hydrogens (primary N) is 1. The molecule has 3 heteroatoms. The zero-order valence-corrected chi connectivity index (χ0v) is 9.47. The van der Waals surface area contributed by atoms with Gasteiger partial charge in [-0.05, 0) is 25.2 Å².